The first kappa shape index (κ1) is 18.4. The van der Waals surface area contributed by atoms with Crippen molar-refractivity contribution in [2.75, 3.05) is 19.6 Å². The molecule has 0 aliphatic heterocycles. The van der Waals surface area contributed by atoms with Crippen LogP contribution in [0.3, 0.4) is 0 Å². The highest BCUT2D eigenvalue weighted by atomic mass is 19.1. The molecule has 0 aliphatic carbocycles. The van der Waals surface area contributed by atoms with Crippen LogP contribution in [-0.4, -0.2) is 31.5 Å². The molecular weight excluding hydrogens is 319 g/mol. The predicted octanol–water partition coefficient (Wildman–Crippen LogP) is 2.31. The Labute approximate surface area is 147 Å². The summed E-state index contributed by atoms with van der Waals surface area (Å²) in [6, 6.07) is 15.4. The fraction of sp³-hybridized carbons (Fsp3) is 0.263. The molecule has 2 rings (SSSR count). The van der Waals surface area contributed by atoms with Crippen LogP contribution in [0.1, 0.15) is 22.8 Å². The number of aliphatic imine (C=N–C) groups is 1. The molecule has 132 valence electrons. The first-order valence-corrected chi connectivity index (χ1v) is 8.29. The molecule has 0 aliphatic rings. The summed E-state index contributed by atoms with van der Waals surface area (Å²) in [6.07, 6.45) is 0. The first-order valence-electron chi connectivity index (χ1n) is 8.29. The van der Waals surface area contributed by atoms with E-state index in [9.17, 15) is 9.18 Å². The average Bonchev–Trinajstić information content (AvgIpc) is 2.63. The van der Waals surface area contributed by atoms with Crippen molar-refractivity contribution in [2.24, 2.45) is 4.99 Å². The van der Waals surface area contributed by atoms with Gasteiger partial charge < -0.3 is 16.0 Å². The number of guanidine groups is 1. The standard InChI is InChI=1S/C19H23FN4O/c1-2-21-19(24-14-15-7-6-10-17(20)13-15)23-12-11-22-18(25)16-8-4-3-5-9-16/h3-10,13H,2,11-12,14H2,1H3,(H,22,25)(H2,21,23,24). The Kier molecular flexibility index (Phi) is 7.43. The highest BCUT2D eigenvalue weighted by Gasteiger charge is 2.03. The van der Waals surface area contributed by atoms with E-state index in [1.807, 2.05) is 31.2 Å². The number of benzene rings is 2. The van der Waals surface area contributed by atoms with Gasteiger partial charge in [0, 0.05) is 25.2 Å². The number of carbonyl (C=O) groups is 1. The van der Waals surface area contributed by atoms with Crippen LogP contribution in [0.25, 0.3) is 0 Å². The zero-order valence-corrected chi connectivity index (χ0v) is 14.3. The molecule has 0 saturated carbocycles. The second-order valence-corrected chi connectivity index (χ2v) is 5.37. The van der Waals surface area contributed by atoms with Crippen LogP contribution in [0.15, 0.2) is 59.6 Å². The minimum atomic E-state index is -0.269. The molecule has 3 N–H and O–H groups in total. The Morgan fingerprint density at radius 2 is 1.76 bits per heavy atom. The van der Waals surface area contributed by atoms with Crippen LogP contribution in [0, 0.1) is 5.82 Å². The molecule has 5 nitrogen and oxygen atoms in total. The van der Waals surface area contributed by atoms with Crippen molar-refractivity contribution in [1.29, 1.82) is 0 Å². The highest BCUT2D eigenvalue weighted by molar-refractivity contribution is 5.94. The maximum Gasteiger partial charge on any atom is 0.251 e. The number of nitrogens with one attached hydrogen (secondary N) is 3. The average molecular weight is 342 g/mol. The number of hydrogen-bond donors (Lipinski definition) is 3. The third-order valence-electron chi connectivity index (χ3n) is 3.39. The Morgan fingerprint density at radius 1 is 1.00 bits per heavy atom. The third kappa shape index (κ3) is 6.63. The van der Waals surface area contributed by atoms with Gasteiger partial charge in [0.2, 0.25) is 0 Å². The van der Waals surface area contributed by atoms with Gasteiger partial charge in [-0.1, -0.05) is 30.3 Å². The summed E-state index contributed by atoms with van der Waals surface area (Å²) < 4.78 is 13.2. The van der Waals surface area contributed by atoms with Crippen molar-refractivity contribution in [3.63, 3.8) is 0 Å². The van der Waals surface area contributed by atoms with E-state index in [0.29, 0.717) is 37.7 Å². The van der Waals surface area contributed by atoms with Gasteiger partial charge in [-0.15, -0.1) is 0 Å². The summed E-state index contributed by atoms with van der Waals surface area (Å²) >= 11 is 0. The fourth-order valence-electron chi connectivity index (χ4n) is 2.20. The SMILES string of the molecule is CCNC(=NCc1cccc(F)c1)NCCNC(=O)c1ccccc1. The minimum absolute atomic E-state index is 0.107. The molecule has 2 aromatic rings. The maximum atomic E-state index is 13.2. The second-order valence-electron chi connectivity index (χ2n) is 5.37. The predicted molar refractivity (Wildman–Crippen MR) is 98.0 cm³/mol. The van der Waals surface area contributed by atoms with Gasteiger partial charge in [0.15, 0.2) is 5.96 Å². The van der Waals surface area contributed by atoms with E-state index < -0.39 is 0 Å². The number of rotatable bonds is 7. The van der Waals surface area contributed by atoms with Gasteiger partial charge in [0.25, 0.3) is 5.91 Å². The second kappa shape index (κ2) is 10.1. The molecule has 0 bridgehead atoms. The largest absolute Gasteiger partial charge is 0.357 e. The van der Waals surface area contributed by atoms with E-state index in [0.717, 1.165) is 5.56 Å². The lowest BCUT2D eigenvalue weighted by atomic mass is 10.2. The summed E-state index contributed by atoms with van der Waals surface area (Å²) in [5.41, 5.74) is 1.43. The van der Waals surface area contributed by atoms with Crippen molar-refractivity contribution in [3.8, 4) is 0 Å². The molecule has 0 heterocycles. The smallest absolute Gasteiger partial charge is 0.251 e. The van der Waals surface area contributed by atoms with Crippen LogP contribution >= 0.6 is 0 Å². The van der Waals surface area contributed by atoms with E-state index >= 15 is 0 Å². The molecule has 0 spiro atoms. The number of carbonyl (C=O) groups excluding carboxylic acids is 1. The molecule has 0 radical (unpaired) electrons. The van der Waals surface area contributed by atoms with E-state index in [1.54, 1.807) is 18.2 Å². The molecule has 0 fully saturated rings. The molecule has 0 saturated heterocycles. The van der Waals surface area contributed by atoms with Gasteiger partial charge in [0.1, 0.15) is 5.82 Å². The van der Waals surface area contributed by atoms with Crippen LogP contribution in [0.2, 0.25) is 0 Å². The third-order valence-corrected chi connectivity index (χ3v) is 3.39. The van der Waals surface area contributed by atoms with E-state index in [4.69, 9.17) is 0 Å². The summed E-state index contributed by atoms with van der Waals surface area (Å²) in [6.45, 7) is 4.07. The molecular formula is C19H23FN4O. The lowest BCUT2D eigenvalue weighted by molar-refractivity contribution is 0.0954. The van der Waals surface area contributed by atoms with Gasteiger partial charge >= 0.3 is 0 Å². The first-order chi connectivity index (χ1) is 12.2. The van der Waals surface area contributed by atoms with Crippen molar-refractivity contribution in [3.05, 3.63) is 71.5 Å². The van der Waals surface area contributed by atoms with Crippen molar-refractivity contribution in [2.45, 2.75) is 13.5 Å². The fourth-order valence-corrected chi connectivity index (χ4v) is 2.20. The Hall–Kier alpha value is -2.89. The molecule has 25 heavy (non-hydrogen) atoms. The van der Waals surface area contributed by atoms with Crippen molar-refractivity contribution in [1.82, 2.24) is 16.0 Å². The quantitative estimate of drug-likeness (QED) is 0.411. The topological polar surface area (TPSA) is 65.5 Å². The Balaban J connectivity index is 1.79. The van der Waals surface area contributed by atoms with Crippen molar-refractivity contribution >= 4 is 11.9 Å². The molecule has 1 amide bonds. The van der Waals surface area contributed by atoms with Gasteiger partial charge in [-0.3, -0.25) is 4.79 Å². The summed E-state index contributed by atoms with van der Waals surface area (Å²) in [5.74, 6) is 0.249. The van der Waals surface area contributed by atoms with Crippen LogP contribution in [-0.2, 0) is 6.54 Å². The minimum Gasteiger partial charge on any atom is -0.357 e. The van der Waals surface area contributed by atoms with E-state index in [-0.39, 0.29) is 11.7 Å². The molecule has 6 heteroatoms. The van der Waals surface area contributed by atoms with Crippen molar-refractivity contribution < 1.29 is 9.18 Å². The van der Waals surface area contributed by atoms with Crippen LogP contribution in [0.5, 0.6) is 0 Å². The molecule has 2 aromatic carbocycles. The summed E-state index contributed by atoms with van der Waals surface area (Å²) in [4.78, 5) is 16.4. The lowest BCUT2D eigenvalue weighted by Gasteiger charge is -2.12. The number of nitrogens with zero attached hydrogens (tertiary/aromatic N) is 1. The van der Waals surface area contributed by atoms with Crippen LogP contribution < -0.4 is 16.0 Å². The zero-order chi connectivity index (χ0) is 17.9. The molecule has 0 atom stereocenters. The molecule has 0 aromatic heterocycles. The normalized spacial score (nSPS) is 11.0. The van der Waals surface area contributed by atoms with Gasteiger partial charge in [-0.2, -0.15) is 0 Å². The number of amides is 1. The monoisotopic (exact) mass is 342 g/mol. The number of halogens is 1. The lowest BCUT2D eigenvalue weighted by Crippen LogP contribution is -2.41. The van der Waals surface area contributed by atoms with E-state index in [2.05, 4.69) is 20.9 Å². The zero-order valence-electron chi connectivity index (χ0n) is 14.3. The van der Waals surface area contributed by atoms with Gasteiger partial charge in [0.05, 0.1) is 6.54 Å². The van der Waals surface area contributed by atoms with E-state index in [1.165, 1.54) is 12.1 Å². The maximum absolute atomic E-state index is 13.2. The molecule has 0 unspecified atom stereocenters. The summed E-state index contributed by atoms with van der Waals surface area (Å²) in [5, 5.41) is 9.11. The van der Waals surface area contributed by atoms with Gasteiger partial charge in [-0.05, 0) is 36.8 Å². The Bertz CT molecular complexity index is 704. The van der Waals surface area contributed by atoms with Gasteiger partial charge in [-0.25, -0.2) is 9.38 Å². The summed E-state index contributed by atoms with van der Waals surface area (Å²) in [7, 11) is 0. The Morgan fingerprint density at radius 3 is 2.48 bits per heavy atom. The van der Waals surface area contributed by atoms with Crippen LogP contribution in [0.4, 0.5) is 4.39 Å². The number of hydrogen-bond acceptors (Lipinski definition) is 2. The highest BCUT2D eigenvalue weighted by Crippen LogP contribution is 2.04.